The lowest BCUT2D eigenvalue weighted by Crippen LogP contribution is -2.49. The van der Waals surface area contributed by atoms with Gasteiger partial charge >= 0.3 is 6.72 Å². The highest BCUT2D eigenvalue weighted by Crippen LogP contribution is 2.53. The number of nitrogens with two attached hydrogens (primary N) is 1. The molecule has 2 aromatic heterocycles. The predicted molar refractivity (Wildman–Crippen MR) is 90.8 cm³/mol. The molecule has 0 aliphatic carbocycles. The molecular weight excluding hydrogens is 369 g/mol. The molecule has 2 bridgehead atoms. The third kappa shape index (κ3) is 2.76. The maximum absolute atomic E-state index is 9.66. The normalized spacial score (nSPS) is 32.4. The molecule has 2 aromatic rings. The average Bonchev–Trinajstić information content (AvgIpc) is 3.02. The zero-order valence-corrected chi connectivity index (χ0v) is 15.1. The first-order chi connectivity index (χ1) is 11.8. The largest absolute Gasteiger partial charge is 0.382 e. The van der Waals surface area contributed by atoms with Crippen LogP contribution in [0.2, 0.25) is 0 Å². The lowest BCUT2D eigenvalue weighted by molar-refractivity contribution is -0.116. The summed E-state index contributed by atoms with van der Waals surface area (Å²) in [6, 6.07) is 0. The van der Waals surface area contributed by atoms with Crippen LogP contribution in [-0.4, -0.2) is 53.7 Å². The maximum atomic E-state index is 9.66. The molecule has 12 heteroatoms. The van der Waals surface area contributed by atoms with Gasteiger partial charge in [0, 0.05) is 6.42 Å². The lowest BCUT2D eigenvalue weighted by atomic mass is 9.87. The van der Waals surface area contributed by atoms with Gasteiger partial charge in [0.05, 0.1) is 12.9 Å². The summed E-state index contributed by atoms with van der Waals surface area (Å²) in [4.78, 5) is 31.7. The molecule has 2 fully saturated rings. The number of anilines is 1. The van der Waals surface area contributed by atoms with Crippen molar-refractivity contribution < 1.29 is 23.8 Å². The van der Waals surface area contributed by atoms with Crippen LogP contribution in [0.25, 0.3) is 11.2 Å². The van der Waals surface area contributed by atoms with E-state index in [2.05, 4.69) is 26.8 Å². The number of nitrogen functional groups attached to an aromatic ring is 1. The number of ether oxygens (including phenoxy) is 2. The molecule has 0 spiro atoms. The van der Waals surface area contributed by atoms with Gasteiger partial charge < -0.3 is 25.0 Å². The van der Waals surface area contributed by atoms with Crippen molar-refractivity contribution in [3.05, 3.63) is 12.7 Å². The van der Waals surface area contributed by atoms with Crippen LogP contribution in [-0.2, 0) is 25.8 Å². The minimum Gasteiger partial charge on any atom is -0.382 e. The van der Waals surface area contributed by atoms with E-state index in [1.807, 2.05) is 6.92 Å². The molecular formula is C13H18N5O5PS. The standard InChI is InChI=1S/C13H18N5O5PS/c1-2-13-3-4-21-8(9(13)23-24(19,20)25)12(22-13)18-6-17-7-10(14)15-5-16-11(7)18/h5-6,8-9,12H,2-4H2,1H3,(H2,14,15,16)(H2,19,20,25)/t8?,9-,12-,13+/m1/s1. The Morgan fingerprint density at radius 1 is 1.48 bits per heavy atom. The fourth-order valence-corrected chi connectivity index (χ4v) is 4.48. The number of imidazole rings is 1. The van der Waals surface area contributed by atoms with Gasteiger partial charge in [-0.1, -0.05) is 6.92 Å². The Hall–Kier alpha value is -1.20. The minimum absolute atomic E-state index is 0.268. The van der Waals surface area contributed by atoms with Crippen molar-refractivity contribution in [1.82, 2.24) is 19.5 Å². The van der Waals surface area contributed by atoms with Crippen LogP contribution < -0.4 is 5.73 Å². The molecule has 4 heterocycles. The van der Waals surface area contributed by atoms with Crippen LogP contribution in [0, 0.1) is 0 Å². The SMILES string of the molecule is CC[C@@]12CCOC([C@H](n3cnc4c(N)ncnc43)O1)[C@H]2OP(O)(O)=S. The van der Waals surface area contributed by atoms with Crippen molar-refractivity contribution >= 4 is 35.5 Å². The maximum Gasteiger partial charge on any atom is 0.322 e. The second-order valence-electron chi connectivity index (χ2n) is 6.11. The average molecular weight is 387 g/mol. The number of fused-ring (bicyclic) bond motifs is 3. The molecule has 25 heavy (non-hydrogen) atoms. The topological polar surface area (TPSA) is 138 Å². The van der Waals surface area contributed by atoms with Gasteiger partial charge in [-0.3, -0.25) is 9.09 Å². The third-order valence-electron chi connectivity index (χ3n) is 4.80. The fraction of sp³-hybridized carbons (Fsp3) is 0.615. The van der Waals surface area contributed by atoms with Crippen LogP contribution in [0.15, 0.2) is 12.7 Å². The van der Waals surface area contributed by atoms with Crippen molar-refractivity contribution in [3.8, 4) is 0 Å². The molecule has 10 nitrogen and oxygen atoms in total. The first-order valence-electron chi connectivity index (χ1n) is 7.81. The van der Waals surface area contributed by atoms with Crippen LogP contribution >= 0.6 is 6.72 Å². The first kappa shape index (κ1) is 17.2. The van der Waals surface area contributed by atoms with Crippen molar-refractivity contribution in [1.29, 1.82) is 0 Å². The van der Waals surface area contributed by atoms with E-state index in [4.69, 9.17) is 19.7 Å². The molecule has 4 atom stereocenters. The van der Waals surface area contributed by atoms with Crippen LogP contribution in [0.1, 0.15) is 26.0 Å². The monoisotopic (exact) mass is 387 g/mol. The van der Waals surface area contributed by atoms with Crippen molar-refractivity contribution in [2.75, 3.05) is 12.3 Å². The zero-order valence-electron chi connectivity index (χ0n) is 13.3. The second-order valence-corrected chi connectivity index (χ2v) is 8.73. The van der Waals surface area contributed by atoms with Gasteiger partial charge in [-0.05, 0) is 18.2 Å². The Balaban J connectivity index is 1.78. The zero-order chi connectivity index (χ0) is 17.8. The van der Waals surface area contributed by atoms with Gasteiger partial charge in [-0.25, -0.2) is 15.0 Å². The lowest BCUT2D eigenvalue weighted by Gasteiger charge is -2.38. The summed E-state index contributed by atoms with van der Waals surface area (Å²) in [5.41, 5.74) is 6.08. The predicted octanol–water partition coefficient (Wildman–Crippen LogP) is 0.469. The smallest absolute Gasteiger partial charge is 0.322 e. The summed E-state index contributed by atoms with van der Waals surface area (Å²) in [5.74, 6) is 0.268. The van der Waals surface area contributed by atoms with Crippen LogP contribution in [0.3, 0.4) is 0 Å². The highest BCUT2D eigenvalue weighted by Gasteiger charge is 2.60. The molecule has 2 aliphatic rings. The molecule has 0 saturated carbocycles. The second kappa shape index (κ2) is 5.92. The summed E-state index contributed by atoms with van der Waals surface area (Å²) in [7, 11) is 0. The summed E-state index contributed by atoms with van der Waals surface area (Å²) in [6.07, 6.45) is 2.18. The Morgan fingerprint density at radius 3 is 3.00 bits per heavy atom. The van der Waals surface area contributed by atoms with Gasteiger partial charge in [0.2, 0.25) is 0 Å². The van der Waals surface area contributed by atoms with Gasteiger partial charge in [-0.15, -0.1) is 0 Å². The fourth-order valence-electron chi connectivity index (χ4n) is 3.60. The van der Waals surface area contributed by atoms with Crippen molar-refractivity contribution in [2.45, 2.75) is 43.8 Å². The van der Waals surface area contributed by atoms with Crippen LogP contribution in [0.5, 0.6) is 0 Å². The summed E-state index contributed by atoms with van der Waals surface area (Å²) in [6.45, 7) is -1.46. The van der Waals surface area contributed by atoms with E-state index >= 15 is 0 Å². The Bertz CT molecular complexity index is 858. The number of nitrogens with zero attached hydrogens (tertiary/aromatic N) is 4. The van der Waals surface area contributed by atoms with Crippen LogP contribution in [0.4, 0.5) is 5.82 Å². The van der Waals surface area contributed by atoms with Crippen molar-refractivity contribution in [2.24, 2.45) is 0 Å². The number of rotatable bonds is 4. The Kier molecular flexibility index (Phi) is 4.08. The van der Waals surface area contributed by atoms with E-state index in [1.54, 1.807) is 10.9 Å². The van der Waals surface area contributed by atoms with Crippen molar-refractivity contribution in [3.63, 3.8) is 0 Å². The Morgan fingerprint density at radius 2 is 2.28 bits per heavy atom. The van der Waals surface area contributed by atoms with E-state index < -0.39 is 30.8 Å². The minimum atomic E-state index is -3.88. The quantitative estimate of drug-likeness (QED) is 0.635. The molecule has 1 unspecified atom stereocenters. The first-order valence-corrected chi connectivity index (χ1v) is 10.4. The van der Waals surface area contributed by atoms with Gasteiger partial charge in [0.15, 0.2) is 17.7 Å². The molecule has 136 valence electrons. The number of hydrogen-bond acceptors (Lipinski definition) is 8. The molecule has 0 amide bonds. The van der Waals surface area contributed by atoms with E-state index in [-0.39, 0.29) is 5.82 Å². The van der Waals surface area contributed by atoms with E-state index in [1.165, 1.54) is 6.33 Å². The molecule has 0 radical (unpaired) electrons. The highest BCUT2D eigenvalue weighted by molar-refractivity contribution is 8.06. The molecule has 2 saturated heterocycles. The van der Waals surface area contributed by atoms with E-state index in [0.29, 0.717) is 30.6 Å². The third-order valence-corrected chi connectivity index (χ3v) is 5.56. The molecule has 4 N–H and O–H groups in total. The molecule has 4 rings (SSSR count). The Labute approximate surface area is 148 Å². The number of hydrogen-bond donors (Lipinski definition) is 3. The molecule has 2 aliphatic heterocycles. The summed E-state index contributed by atoms with van der Waals surface area (Å²) >= 11 is 4.66. The van der Waals surface area contributed by atoms with Gasteiger partial charge in [-0.2, -0.15) is 0 Å². The highest BCUT2D eigenvalue weighted by atomic mass is 32.5. The van der Waals surface area contributed by atoms with E-state index in [9.17, 15) is 9.79 Å². The number of aromatic nitrogens is 4. The van der Waals surface area contributed by atoms with Gasteiger partial charge in [0.1, 0.15) is 29.7 Å². The van der Waals surface area contributed by atoms with E-state index in [0.717, 1.165) is 0 Å². The molecule has 0 aromatic carbocycles. The van der Waals surface area contributed by atoms with Gasteiger partial charge in [0.25, 0.3) is 0 Å². The summed E-state index contributed by atoms with van der Waals surface area (Å²) < 4.78 is 19.3. The summed E-state index contributed by atoms with van der Waals surface area (Å²) in [5, 5.41) is 0.